The summed E-state index contributed by atoms with van der Waals surface area (Å²) in [4.78, 5) is 0. The molecule has 2 aromatic carbocycles. The number of ether oxygens (including phenoxy) is 1. The Morgan fingerprint density at radius 2 is 0.838 bits per heavy atom. The quantitative estimate of drug-likeness (QED) is 0.155. The van der Waals surface area contributed by atoms with Crippen molar-refractivity contribution in [3.63, 3.8) is 0 Å². The number of hydrogen-bond acceptors (Lipinski definition) is 4. The molecule has 0 atom stereocenters. The minimum absolute atomic E-state index is 0.365. The highest BCUT2D eigenvalue weighted by Gasteiger charge is 2.01. The molecule has 4 heteroatoms. The van der Waals surface area contributed by atoms with E-state index in [1.165, 1.54) is 114 Å². The van der Waals surface area contributed by atoms with Crippen molar-refractivity contribution in [1.82, 2.24) is 0 Å². The molecule has 0 bridgehead atoms. The van der Waals surface area contributed by atoms with E-state index in [0.717, 1.165) is 11.5 Å². The number of rotatable bonds is 20. The van der Waals surface area contributed by atoms with Gasteiger partial charge in [-0.2, -0.15) is 0 Å². The van der Waals surface area contributed by atoms with Crippen LogP contribution in [0, 0.1) is 0 Å². The molecule has 0 aromatic heterocycles. The average Bonchev–Trinajstić information content (AvgIpc) is 2.93. The van der Waals surface area contributed by atoms with Crippen molar-refractivity contribution in [2.75, 3.05) is 13.2 Å². The van der Waals surface area contributed by atoms with Crippen LogP contribution in [0.4, 0.5) is 0 Å². The van der Waals surface area contributed by atoms with E-state index in [4.69, 9.17) is 20.1 Å². The Labute approximate surface area is 227 Å². The summed E-state index contributed by atoms with van der Waals surface area (Å²) < 4.78 is 6.05. The van der Waals surface area contributed by atoms with Gasteiger partial charge in [0.1, 0.15) is 17.6 Å². The van der Waals surface area contributed by atoms with E-state index in [9.17, 15) is 0 Å². The molecule has 0 amide bonds. The molecule has 0 saturated heterocycles. The van der Waals surface area contributed by atoms with Crippen LogP contribution in [0.3, 0.4) is 0 Å². The molecule has 0 aliphatic rings. The van der Waals surface area contributed by atoms with Crippen LogP contribution in [0.15, 0.2) is 48.5 Å². The molecular weight excluding hydrogens is 460 g/mol. The summed E-state index contributed by atoms with van der Waals surface area (Å²) in [6.07, 6.45) is 20.5. The van der Waals surface area contributed by atoms with Crippen molar-refractivity contribution in [2.45, 2.75) is 123 Å². The lowest BCUT2D eigenvalue weighted by Gasteiger charge is -2.08. The fourth-order valence-electron chi connectivity index (χ4n) is 4.21. The maximum absolute atomic E-state index is 8.17. The summed E-state index contributed by atoms with van der Waals surface area (Å²) in [5, 5.41) is 24.0. The van der Waals surface area contributed by atoms with Gasteiger partial charge in [-0.05, 0) is 61.1 Å². The average molecular weight is 515 g/mol. The van der Waals surface area contributed by atoms with Crippen molar-refractivity contribution in [3.8, 4) is 11.5 Å². The van der Waals surface area contributed by atoms with Crippen molar-refractivity contribution in [1.29, 1.82) is 0 Å². The summed E-state index contributed by atoms with van der Waals surface area (Å²) in [6, 6.07) is 17.4. The largest absolute Gasteiger partial charge is 0.457 e. The van der Waals surface area contributed by atoms with E-state index in [1.807, 2.05) is 0 Å². The number of benzene rings is 2. The van der Waals surface area contributed by atoms with Gasteiger partial charge in [0.25, 0.3) is 0 Å². The smallest absolute Gasteiger partial charge is 0.127 e. The first-order valence-corrected chi connectivity index (χ1v) is 14.9. The fourth-order valence-corrected chi connectivity index (χ4v) is 4.21. The van der Waals surface area contributed by atoms with Crippen LogP contribution in [-0.4, -0.2) is 34.6 Å². The molecule has 0 aliphatic heterocycles. The van der Waals surface area contributed by atoms with Gasteiger partial charge in [0.15, 0.2) is 0 Å². The summed E-state index contributed by atoms with van der Waals surface area (Å²) >= 11 is 0. The Hall–Kier alpha value is -1.88. The van der Waals surface area contributed by atoms with Gasteiger partial charge in [0.05, 0.1) is 13.2 Å². The Balaban J connectivity index is 0.00000102. The lowest BCUT2D eigenvalue weighted by molar-refractivity contribution is 0.0450. The topological polar surface area (TPSA) is 69.9 Å². The normalized spacial score (nSPS) is 10.9. The molecule has 0 unspecified atom stereocenters. The van der Waals surface area contributed by atoms with E-state index < -0.39 is 6.10 Å². The lowest BCUT2D eigenvalue weighted by atomic mass is 10.0. The predicted molar refractivity (Wildman–Crippen MR) is 157 cm³/mol. The van der Waals surface area contributed by atoms with Gasteiger partial charge in [0.2, 0.25) is 0 Å². The molecule has 3 N–H and O–H groups in total. The van der Waals surface area contributed by atoms with Gasteiger partial charge < -0.3 is 20.1 Å². The van der Waals surface area contributed by atoms with Crippen LogP contribution in [-0.2, 0) is 12.8 Å². The molecular formula is C33H54O4. The molecule has 37 heavy (non-hydrogen) atoms. The molecule has 4 nitrogen and oxygen atoms in total. The Morgan fingerprint density at radius 3 is 1.14 bits per heavy atom. The van der Waals surface area contributed by atoms with Gasteiger partial charge >= 0.3 is 0 Å². The first kappa shape index (κ1) is 33.1. The second kappa shape index (κ2) is 23.3. The van der Waals surface area contributed by atoms with Crippen LogP contribution in [0.1, 0.15) is 115 Å². The molecule has 0 fully saturated rings. The SMILES string of the molecule is CCCCCCCCCc1ccc(Oc2ccc(CCCCCCCCC)cc2)cc1.OCC(O)CO. The first-order valence-electron chi connectivity index (χ1n) is 14.9. The lowest BCUT2D eigenvalue weighted by Crippen LogP contribution is -2.15. The maximum Gasteiger partial charge on any atom is 0.127 e. The van der Waals surface area contributed by atoms with Crippen LogP contribution >= 0.6 is 0 Å². The van der Waals surface area contributed by atoms with Gasteiger partial charge in [0, 0.05) is 0 Å². The van der Waals surface area contributed by atoms with E-state index in [2.05, 4.69) is 62.4 Å². The Kier molecular flexibility index (Phi) is 20.8. The Bertz CT molecular complexity index is 678. The zero-order chi connectivity index (χ0) is 27.0. The number of unbranched alkanes of at least 4 members (excludes halogenated alkanes) is 12. The van der Waals surface area contributed by atoms with Crippen molar-refractivity contribution in [2.24, 2.45) is 0 Å². The highest BCUT2D eigenvalue weighted by Crippen LogP contribution is 2.23. The van der Waals surface area contributed by atoms with E-state index >= 15 is 0 Å². The number of hydrogen-bond donors (Lipinski definition) is 3. The monoisotopic (exact) mass is 514 g/mol. The zero-order valence-corrected chi connectivity index (χ0v) is 23.7. The molecule has 0 heterocycles. The maximum atomic E-state index is 8.17. The van der Waals surface area contributed by atoms with Crippen molar-refractivity contribution < 1.29 is 20.1 Å². The first-order chi connectivity index (χ1) is 18.1. The fraction of sp³-hybridized carbons (Fsp3) is 0.636. The number of aryl methyl sites for hydroxylation is 2. The van der Waals surface area contributed by atoms with Crippen LogP contribution in [0.5, 0.6) is 11.5 Å². The third kappa shape index (κ3) is 18.1. The van der Waals surface area contributed by atoms with Gasteiger partial charge in [-0.15, -0.1) is 0 Å². The van der Waals surface area contributed by atoms with Crippen LogP contribution in [0.2, 0.25) is 0 Å². The molecule has 0 aliphatic carbocycles. The molecule has 0 radical (unpaired) electrons. The standard InChI is InChI=1S/C30H46O.C3H8O3/c1-3-5-7-9-11-13-15-17-27-19-23-29(24-20-27)31-30-25-21-28(22-26-30)18-16-14-12-10-8-6-4-2;4-1-3(6)2-5/h19-26H,3-18H2,1-2H3;3-6H,1-2H2. The summed E-state index contributed by atoms with van der Waals surface area (Å²) in [6.45, 7) is 3.83. The zero-order valence-electron chi connectivity index (χ0n) is 23.7. The highest BCUT2D eigenvalue weighted by atomic mass is 16.5. The van der Waals surface area contributed by atoms with E-state index in [0.29, 0.717) is 0 Å². The highest BCUT2D eigenvalue weighted by molar-refractivity contribution is 5.34. The van der Waals surface area contributed by atoms with Crippen LogP contribution < -0.4 is 4.74 Å². The summed E-state index contributed by atoms with van der Waals surface area (Å²) in [5.74, 6) is 1.87. The second-order valence-corrected chi connectivity index (χ2v) is 10.2. The molecule has 210 valence electrons. The molecule has 2 rings (SSSR count). The minimum atomic E-state index is -0.954. The van der Waals surface area contributed by atoms with Crippen molar-refractivity contribution >= 4 is 0 Å². The van der Waals surface area contributed by atoms with Gasteiger partial charge in [-0.1, -0.05) is 115 Å². The third-order valence-corrected chi connectivity index (χ3v) is 6.64. The minimum Gasteiger partial charge on any atom is -0.457 e. The van der Waals surface area contributed by atoms with E-state index in [-0.39, 0.29) is 13.2 Å². The summed E-state index contributed by atoms with van der Waals surface area (Å²) in [7, 11) is 0. The van der Waals surface area contributed by atoms with Crippen LogP contribution in [0.25, 0.3) is 0 Å². The number of aliphatic hydroxyl groups excluding tert-OH is 3. The Morgan fingerprint density at radius 1 is 0.514 bits per heavy atom. The molecule has 0 spiro atoms. The predicted octanol–water partition coefficient (Wildman–Crippen LogP) is 8.40. The van der Waals surface area contributed by atoms with Gasteiger partial charge in [-0.25, -0.2) is 0 Å². The molecule has 0 saturated carbocycles. The van der Waals surface area contributed by atoms with Gasteiger partial charge in [-0.3, -0.25) is 0 Å². The second-order valence-electron chi connectivity index (χ2n) is 10.2. The van der Waals surface area contributed by atoms with E-state index in [1.54, 1.807) is 0 Å². The number of aliphatic hydroxyl groups is 3. The summed E-state index contributed by atoms with van der Waals surface area (Å²) in [5.41, 5.74) is 2.84. The third-order valence-electron chi connectivity index (χ3n) is 6.64. The van der Waals surface area contributed by atoms with Crippen molar-refractivity contribution in [3.05, 3.63) is 59.7 Å². The molecule has 2 aromatic rings.